The number of carboxylic acid groups (broad SMARTS) is 1. The van der Waals surface area contributed by atoms with Crippen LogP contribution in [0.2, 0.25) is 5.02 Å². The van der Waals surface area contributed by atoms with Crippen LogP contribution in [-0.4, -0.2) is 21.0 Å². The van der Waals surface area contributed by atoms with E-state index in [1.807, 2.05) is 6.07 Å². The molecule has 0 amide bonds. The van der Waals surface area contributed by atoms with Gasteiger partial charge < -0.3 is 5.11 Å². The molecule has 0 aliphatic carbocycles. The predicted octanol–water partition coefficient (Wildman–Crippen LogP) is 3.65. The number of aromatic carboxylic acids is 1. The summed E-state index contributed by atoms with van der Waals surface area (Å²) >= 11 is 5.96. The number of carbonyl (C=O) groups is 1. The number of aromatic nitrogens is 2. The maximum absolute atomic E-state index is 11.4. The average Bonchev–Trinajstić information content (AvgIpc) is 2.46. The number of halogens is 1. The van der Waals surface area contributed by atoms with Gasteiger partial charge in [0.1, 0.15) is 0 Å². The zero-order valence-corrected chi connectivity index (χ0v) is 11.0. The summed E-state index contributed by atoms with van der Waals surface area (Å²) in [7, 11) is 0. The summed E-state index contributed by atoms with van der Waals surface area (Å²) in [4.78, 5) is 19.9. The van der Waals surface area contributed by atoms with Crippen LogP contribution in [0.4, 0.5) is 0 Å². The monoisotopic (exact) mass is 284 g/mol. The van der Waals surface area contributed by atoms with Crippen LogP contribution >= 0.6 is 11.6 Å². The third kappa shape index (κ3) is 2.21. The fraction of sp³-hybridized carbons (Fsp3) is 0. The number of hydrogen-bond acceptors (Lipinski definition) is 3. The van der Waals surface area contributed by atoms with Crippen LogP contribution in [0.15, 0.2) is 48.7 Å². The number of benzene rings is 1. The van der Waals surface area contributed by atoms with Crippen molar-refractivity contribution in [1.29, 1.82) is 0 Å². The number of pyridine rings is 2. The van der Waals surface area contributed by atoms with Crippen molar-refractivity contribution in [3.8, 4) is 11.3 Å². The summed E-state index contributed by atoms with van der Waals surface area (Å²) in [5.74, 6) is -1.01. The van der Waals surface area contributed by atoms with E-state index >= 15 is 0 Å². The Morgan fingerprint density at radius 2 is 2.00 bits per heavy atom. The molecular formula is C15H9ClN2O2. The van der Waals surface area contributed by atoms with Gasteiger partial charge in [-0.15, -0.1) is 0 Å². The highest BCUT2D eigenvalue weighted by molar-refractivity contribution is 6.30. The summed E-state index contributed by atoms with van der Waals surface area (Å²) in [6, 6.07) is 12.0. The smallest absolute Gasteiger partial charge is 0.336 e. The van der Waals surface area contributed by atoms with E-state index in [1.165, 1.54) is 6.07 Å². The van der Waals surface area contributed by atoms with Crippen LogP contribution in [0.3, 0.4) is 0 Å². The first-order valence-electron chi connectivity index (χ1n) is 5.90. The van der Waals surface area contributed by atoms with Crippen molar-refractivity contribution in [3.05, 3.63) is 59.2 Å². The van der Waals surface area contributed by atoms with Crippen molar-refractivity contribution in [1.82, 2.24) is 9.97 Å². The first kappa shape index (κ1) is 12.6. The summed E-state index contributed by atoms with van der Waals surface area (Å²) in [6.07, 6.45) is 1.59. The highest BCUT2D eigenvalue weighted by Gasteiger charge is 2.13. The fourth-order valence-corrected chi connectivity index (χ4v) is 2.22. The van der Waals surface area contributed by atoms with E-state index in [0.29, 0.717) is 21.7 Å². The van der Waals surface area contributed by atoms with Gasteiger partial charge in [0.15, 0.2) is 5.65 Å². The van der Waals surface area contributed by atoms with E-state index in [2.05, 4.69) is 9.97 Å². The van der Waals surface area contributed by atoms with Gasteiger partial charge in [-0.2, -0.15) is 0 Å². The standard InChI is InChI=1S/C15H9ClN2O2/c16-10-4-1-3-9(7-10)13-8-12(15(19)20)11-5-2-6-17-14(11)18-13/h1-8H,(H,19,20). The minimum atomic E-state index is -1.01. The Morgan fingerprint density at radius 3 is 2.75 bits per heavy atom. The van der Waals surface area contributed by atoms with Gasteiger partial charge in [0.2, 0.25) is 0 Å². The average molecular weight is 285 g/mol. The maximum atomic E-state index is 11.4. The second-order valence-corrected chi connectivity index (χ2v) is 4.68. The van der Waals surface area contributed by atoms with E-state index in [0.717, 1.165) is 5.56 Å². The molecule has 0 aliphatic heterocycles. The zero-order chi connectivity index (χ0) is 14.1. The number of fused-ring (bicyclic) bond motifs is 1. The largest absolute Gasteiger partial charge is 0.478 e. The van der Waals surface area contributed by atoms with Crippen molar-refractivity contribution in [3.63, 3.8) is 0 Å². The number of carboxylic acids is 1. The summed E-state index contributed by atoms with van der Waals surface area (Å²) in [6.45, 7) is 0. The molecule has 2 heterocycles. The Balaban J connectivity index is 2.30. The summed E-state index contributed by atoms with van der Waals surface area (Å²) < 4.78 is 0. The first-order chi connectivity index (χ1) is 9.65. The van der Waals surface area contributed by atoms with Crippen LogP contribution in [0.1, 0.15) is 10.4 Å². The Morgan fingerprint density at radius 1 is 1.15 bits per heavy atom. The molecule has 1 aromatic carbocycles. The van der Waals surface area contributed by atoms with Crippen LogP contribution in [0, 0.1) is 0 Å². The number of hydrogen-bond donors (Lipinski definition) is 1. The van der Waals surface area contributed by atoms with E-state index < -0.39 is 5.97 Å². The highest BCUT2D eigenvalue weighted by Crippen LogP contribution is 2.25. The van der Waals surface area contributed by atoms with E-state index in [-0.39, 0.29) is 5.56 Å². The third-order valence-electron chi connectivity index (χ3n) is 2.94. The molecule has 0 spiro atoms. The molecule has 1 N–H and O–H groups in total. The molecule has 0 atom stereocenters. The third-order valence-corrected chi connectivity index (χ3v) is 3.17. The topological polar surface area (TPSA) is 63.1 Å². The number of rotatable bonds is 2. The molecule has 2 aromatic heterocycles. The predicted molar refractivity (Wildman–Crippen MR) is 76.9 cm³/mol. The van der Waals surface area contributed by atoms with Gasteiger partial charge in [0.25, 0.3) is 0 Å². The maximum Gasteiger partial charge on any atom is 0.336 e. The lowest BCUT2D eigenvalue weighted by Gasteiger charge is -2.06. The van der Waals surface area contributed by atoms with E-state index in [9.17, 15) is 9.90 Å². The Bertz CT molecular complexity index is 818. The molecule has 0 saturated carbocycles. The van der Waals surface area contributed by atoms with Gasteiger partial charge in [-0.05, 0) is 30.3 Å². The van der Waals surface area contributed by atoms with Crippen molar-refractivity contribution in [2.24, 2.45) is 0 Å². The Labute approximate surface area is 119 Å². The zero-order valence-electron chi connectivity index (χ0n) is 10.2. The summed E-state index contributed by atoms with van der Waals surface area (Å²) in [5, 5.41) is 10.4. The van der Waals surface area contributed by atoms with Crippen LogP contribution in [0.5, 0.6) is 0 Å². The molecular weight excluding hydrogens is 276 g/mol. The van der Waals surface area contributed by atoms with Gasteiger partial charge in [0, 0.05) is 22.2 Å². The normalized spacial score (nSPS) is 10.7. The quantitative estimate of drug-likeness (QED) is 0.780. The van der Waals surface area contributed by atoms with Gasteiger partial charge in [-0.25, -0.2) is 14.8 Å². The van der Waals surface area contributed by atoms with Crippen molar-refractivity contribution >= 4 is 28.6 Å². The fourth-order valence-electron chi connectivity index (χ4n) is 2.03. The molecule has 98 valence electrons. The Hall–Kier alpha value is -2.46. The van der Waals surface area contributed by atoms with Crippen LogP contribution < -0.4 is 0 Å². The molecule has 3 rings (SSSR count). The van der Waals surface area contributed by atoms with Gasteiger partial charge in [-0.3, -0.25) is 0 Å². The molecule has 0 unspecified atom stereocenters. The molecule has 5 heteroatoms. The molecule has 0 bridgehead atoms. The van der Waals surface area contributed by atoms with Crippen LogP contribution in [0.25, 0.3) is 22.3 Å². The van der Waals surface area contributed by atoms with Crippen molar-refractivity contribution in [2.45, 2.75) is 0 Å². The molecule has 0 radical (unpaired) electrons. The van der Waals surface area contributed by atoms with Crippen molar-refractivity contribution in [2.75, 3.05) is 0 Å². The van der Waals surface area contributed by atoms with Crippen LogP contribution in [-0.2, 0) is 0 Å². The molecule has 0 saturated heterocycles. The van der Waals surface area contributed by atoms with Crippen molar-refractivity contribution < 1.29 is 9.90 Å². The second-order valence-electron chi connectivity index (χ2n) is 4.25. The first-order valence-corrected chi connectivity index (χ1v) is 6.28. The molecule has 0 aliphatic rings. The van der Waals surface area contributed by atoms with Gasteiger partial charge >= 0.3 is 5.97 Å². The minimum Gasteiger partial charge on any atom is -0.478 e. The second kappa shape index (κ2) is 4.90. The SMILES string of the molecule is O=C(O)c1cc(-c2cccc(Cl)c2)nc2ncccc12. The van der Waals surface area contributed by atoms with Gasteiger partial charge in [-0.1, -0.05) is 23.7 Å². The van der Waals surface area contributed by atoms with E-state index in [4.69, 9.17) is 11.6 Å². The molecule has 0 fully saturated rings. The van der Waals surface area contributed by atoms with E-state index in [1.54, 1.807) is 36.5 Å². The minimum absolute atomic E-state index is 0.179. The lowest BCUT2D eigenvalue weighted by Crippen LogP contribution is -2.01. The molecule has 4 nitrogen and oxygen atoms in total. The lowest BCUT2D eigenvalue weighted by atomic mass is 10.1. The molecule has 3 aromatic rings. The summed E-state index contributed by atoms with van der Waals surface area (Å²) in [5.41, 5.74) is 1.88. The molecule has 20 heavy (non-hydrogen) atoms. The number of nitrogens with zero attached hydrogens (tertiary/aromatic N) is 2. The van der Waals surface area contributed by atoms with Gasteiger partial charge in [0.05, 0.1) is 11.3 Å². The highest BCUT2D eigenvalue weighted by atomic mass is 35.5. The Kier molecular flexibility index (Phi) is 3.08. The lowest BCUT2D eigenvalue weighted by molar-refractivity contribution is 0.0699.